The summed E-state index contributed by atoms with van der Waals surface area (Å²) in [5.41, 5.74) is 0. The van der Waals surface area contributed by atoms with Crippen LogP contribution in [0.3, 0.4) is 0 Å². The zero-order chi connectivity index (χ0) is 9.78. The summed E-state index contributed by atoms with van der Waals surface area (Å²) in [6, 6.07) is 1.34. The van der Waals surface area contributed by atoms with E-state index in [2.05, 4.69) is 0 Å². The van der Waals surface area contributed by atoms with E-state index >= 15 is 0 Å². The molecule has 2 nitrogen and oxygen atoms in total. The van der Waals surface area contributed by atoms with Crippen molar-refractivity contribution in [3.63, 3.8) is 0 Å². The van der Waals surface area contributed by atoms with E-state index in [0.717, 1.165) is 0 Å². The van der Waals surface area contributed by atoms with Crippen LogP contribution < -0.4 is 0 Å². The van der Waals surface area contributed by atoms with Gasteiger partial charge in [0.25, 0.3) is 5.78 Å². The molecule has 0 fully saturated rings. The monoisotopic (exact) mass is 179 g/mol. The molecule has 0 rings (SSSR count). The average molecular weight is 179 g/mol. The van der Waals surface area contributed by atoms with Crippen LogP contribution in [0.1, 0.15) is 19.8 Å². The molecule has 0 heterocycles. The number of carbonyl (C=O) groups excluding carboxylic acids is 1. The second kappa shape index (κ2) is 4.10. The molecule has 0 aliphatic rings. The molecule has 0 radical (unpaired) electrons. The second-order valence-electron chi connectivity index (χ2n) is 2.33. The molecule has 12 heavy (non-hydrogen) atoms. The first-order valence-electron chi connectivity index (χ1n) is 3.44. The fourth-order valence-corrected chi connectivity index (χ4v) is 0.741. The second-order valence-corrected chi connectivity index (χ2v) is 2.33. The van der Waals surface area contributed by atoms with Crippen molar-refractivity contribution in [2.75, 3.05) is 0 Å². The Morgan fingerprint density at radius 3 is 2.33 bits per heavy atom. The average Bonchev–Trinajstić information content (AvgIpc) is 1.97. The van der Waals surface area contributed by atoms with Crippen molar-refractivity contribution >= 4 is 5.78 Å². The fourth-order valence-electron chi connectivity index (χ4n) is 0.741. The van der Waals surface area contributed by atoms with Gasteiger partial charge >= 0.3 is 6.18 Å². The third kappa shape index (κ3) is 2.91. The highest BCUT2D eigenvalue weighted by Gasteiger charge is 2.42. The van der Waals surface area contributed by atoms with Gasteiger partial charge in [-0.25, -0.2) is 0 Å². The number of rotatable bonds is 3. The van der Waals surface area contributed by atoms with Crippen molar-refractivity contribution < 1.29 is 18.0 Å². The molecule has 1 atom stereocenters. The van der Waals surface area contributed by atoms with Crippen molar-refractivity contribution in [1.29, 1.82) is 5.26 Å². The van der Waals surface area contributed by atoms with Crippen molar-refractivity contribution in [3.8, 4) is 6.07 Å². The van der Waals surface area contributed by atoms with E-state index in [1.54, 1.807) is 6.92 Å². The lowest BCUT2D eigenvalue weighted by Gasteiger charge is -2.08. The maximum atomic E-state index is 11.7. The zero-order valence-electron chi connectivity index (χ0n) is 6.48. The van der Waals surface area contributed by atoms with E-state index < -0.39 is 17.9 Å². The minimum absolute atomic E-state index is 0.0329. The number of nitrogens with zero attached hydrogens (tertiary/aromatic N) is 1. The van der Waals surface area contributed by atoms with Crippen LogP contribution in [0.15, 0.2) is 0 Å². The topological polar surface area (TPSA) is 40.9 Å². The van der Waals surface area contributed by atoms with E-state index in [1.165, 1.54) is 6.07 Å². The largest absolute Gasteiger partial charge is 0.451 e. The molecule has 0 saturated heterocycles. The third-order valence-corrected chi connectivity index (χ3v) is 1.33. The minimum Gasteiger partial charge on any atom is -0.288 e. The van der Waals surface area contributed by atoms with Gasteiger partial charge in [0.15, 0.2) is 0 Å². The summed E-state index contributed by atoms with van der Waals surface area (Å²) in [6.07, 6.45) is -4.52. The summed E-state index contributed by atoms with van der Waals surface area (Å²) in [5.74, 6) is -3.47. The van der Waals surface area contributed by atoms with E-state index in [-0.39, 0.29) is 6.42 Å². The highest BCUT2D eigenvalue weighted by molar-refractivity contribution is 5.88. The maximum Gasteiger partial charge on any atom is 0.451 e. The van der Waals surface area contributed by atoms with Crippen molar-refractivity contribution in [1.82, 2.24) is 0 Å². The van der Waals surface area contributed by atoms with E-state index in [0.29, 0.717) is 6.42 Å². The van der Waals surface area contributed by atoms with E-state index in [1.807, 2.05) is 0 Å². The van der Waals surface area contributed by atoms with Gasteiger partial charge in [-0.2, -0.15) is 18.4 Å². The molecule has 0 aliphatic heterocycles. The Balaban J connectivity index is 4.35. The third-order valence-electron chi connectivity index (χ3n) is 1.33. The molecule has 0 saturated carbocycles. The lowest BCUT2D eigenvalue weighted by atomic mass is 10.0. The summed E-state index contributed by atoms with van der Waals surface area (Å²) < 4.78 is 35.1. The van der Waals surface area contributed by atoms with Gasteiger partial charge in [0.2, 0.25) is 0 Å². The smallest absolute Gasteiger partial charge is 0.288 e. The van der Waals surface area contributed by atoms with Crippen molar-refractivity contribution in [2.24, 2.45) is 5.92 Å². The predicted molar refractivity (Wildman–Crippen MR) is 35.1 cm³/mol. The lowest BCUT2D eigenvalue weighted by Crippen LogP contribution is -2.29. The van der Waals surface area contributed by atoms with Crippen LogP contribution in [0.25, 0.3) is 0 Å². The van der Waals surface area contributed by atoms with Crippen LogP contribution >= 0.6 is 0 Å². The number of hydrogen-bond acceptors (Lipinski definition) is 2. The van der Waals surface area contributed by atoms with Crippen molar-refractivity contribution in [2.45, 2.75) is 25.9 Å². The minimum atomic E-state index is -4.88. The number of nitriles is 1. The van der Waals surface area contributed by atoms with Crippen LogP contribution in [0.5, 0.6) is 0 Å². The van der Waals surface area contributed by atoms with Crippen LogP contribution in [-0.4, -0.2) is 12.0 Å². The van der Waals surface area contributed by atoms with Gasteiger partial charge in [0.1, 0.15) is 5.92 Å². The number of Topliss-reactive ketones (excluding diaryl/α,β-unsaturated/α-hetero) is 1. The van der Waals surface area contributed by atoms with E-state index in [9.17, 15) is 18.0 Å². The first-order chi connectivity index (χ1) is 5.43. The molecule has 0 aromatic rings. The molecule has 0 spiro atoms. The molecule has 0 N–H and O–H groups in total. The number of alkyl halides is 3. The lowest BCUT2D eigenvalue weighted by molar-refractivity contribution is -0.173. The van der Waals surface area contributed by atoms with Gasteiger partial charge in [-0.3, -0.25) is 4.79 Å². The Morgan fingerprint density at radius 2 is 2.08 bits per heavy atom. The van der Waals surface area contributed by atoms with Gasteiger partial charge < -0.3 is 0 Å². The van der Waals surface area contributed by atoms with Gasteiger partial charge in [0.05, 0.1) is 6.07 Å². The summed E-state index contributed by atoms with van der Waals surface area (Å²) >= 11 is 0. The molecule has 68 valence electrons. The first kappa shape index (κ1) is 11.0. The van der Waals surface area contributed by atoms with Gasteiger partial charge in [-0.15, -0.1) is 0 Å². The maximum absolute atomic E-state index is 11.7. The van der Waals surface area contributed by atoms with Gasteiger partial charge in [-0.05, 0) is 6.42 Å². The summed E-state index contributed by atoms with van der Waals surface area (Å²) in [4.78, 5) is 10.4. The van der Waals surface area contributed by atoms with Crippen LogP contribution in [0.4, 0.5) is 13.2 Å². The van der Waals surface area contributed by atoms with Crippen LogP contribution in [-0.2, 0) is 4.79 Å². The normalized spacial score (nSPS) is 13.6. The van der Waals surface area contributed by atoms with Gasteiger partial charge in [-0.1, -0.05) is 13.3 Å². The van der Waals surface area contributed by atoms with E-state index in [4.69, 9.17) is 5.26 Å². The Kier molecular flexibility index (Phi) is 3.74. The SMILES string of the molecule is CCCC(C#N)C(=O)C(F)(F)F. The number of halogens is 3. The molecular formula is C7H8F3NO. The molecule has 0 bridgehead atoms. The number of carbonyl (C=O) groups is 1. The molecule has 1 unspecified atom stereocenters. The van der Waals surface area contributed by atoms with Crippen molar-refractivity contribution in [3.05, 3.63) is 0 Å². The molecular weight excluding hydrogens is 171 g/mol. The Bertz CT molecular complexity index is 204. The molecule has 0 aromatic carbocycles. The number of ketones is 1. The highest BCUT2D eigenvalue weighted by Crippen LogP contribution is 2.22. The highest BCUT2D eigenvalue weighted by atomic mass is 19.4. The first-order valence-corrected chi connectivity index (χ1v) is 3.44. The molecule has 0 amide bonds. The van der Waals surface area contributed by atoms with Crippen LogP contribution in [0.2, 0.25) is 0 Å². The molecule has 0 aromatic heterocycles. The summed E-state index contributed by atoms with van der Waals surface area (Å²) in [5, 5.41) is 8.22. The predicted octanol–water partition coefficient (Wildman–Crippen LogP) is 2.06. The summed E-state index contributed by atoms with van der Waals surface area (Å²) in [6.45, 7) is 1.62. The van der Waals surface area contributed by atoms with Gasteiger partial charge in [0, 0.05) is 0 Å². The number of hydrogen-bond donors (Lipinski definition) is 0. The molecule has 0 aliphatic carbocycles. The zero-order valence-corrected chi connectivity index (χ0v) is 6.48. The quantitative estimate of drug-likeness (QED) is 0.665. The fraction of sp³-hybridized carbons (Fsp3) is 0.714. The standard InChI is InChI=1S/C7H8F3NO/c1-2-3-5(4-11)6(12)7(8,9)10/h5H,2-3H2,1H3. The Hall–Kier alpha value is -1.05. The molecule has 5 heteroatoms. The Labute approximate surface area is 68.0 Å². The Morgan fingerprint density at radius 1 is 1.58 bits per heavy atom. The summed E-state index contributed by atoms with van der Waals surface area (Å²) in [7, 11) is 0. The van der Waals surface area contributed by atoms with Crippen LogP contribution in [0, 0.1) is 17.2 Å².